The zero-order valence-electron chi connectivity index (χ0n) is 14.6. The molecule has 0 unspecified atom stereocenters. The summed E-state index contributed by atoms with van der Waals surface area (Å²) in [6, 6.07) is 12.9. The number of carbonyl (C=O) groups is 1. The van der Waals surface area contributed by atoms with Crippen LogP contribution in [-0.4, -0.2) is 33.6 Å². The number of hydrogen-bond acceptors (Lipinski definition) is 6. The Hall–Kier alpha value is -2.57. The van der Waals surface area contributed by atoms with Gasteiger partial charge in [-0.25, -0.2) is 0 Å². The standard InChI is InChI=1S/C19H22O6/c1-14(20)19-17(23-11-15-7-5-4-6-8-15)9-16(24-12-21-2)10-18(19)25-13-22-3/h4-10H,11-13H2,1-3H3. The zero-order chi connectivity index (χ0) is 18.1. The molecule has 0 fully saturated rings. The molecule has 0 aliphatic heterocycles. The molecule has 0 aliphatic rings. The molecule has 6 heteroatoms. The van der Waals surface area contributed by atoms with Crippen molar-refractivity contribution in [2.45, 2.75) is 13.5 Å². The lowest BCUT2D eigenvalue weighted by Gasteiger charge is -2.17. The Kier molecular flexibility index (Phi) is 7.25. The van der Waals surface area contributed by atoms with Crippen molar-refractivity contribution in [3.8, 4) is 17.2 Å². The average Bonchev–Trinajstić information content (AvgIpc) is 2.63. The summed E-state index contributed by atoms with van der Waals surface area (Å²) in [4.78, 5) is 12.1. The molecule has 2 aromatic carbocycles. The van der Waals surface area contributed by atoms with Crippen LogP contribution in [0.1, 0.15) is 22.8 Å². The highest BCUT2D eigenvalue weighted by Gasteiger charge is 2.19. The maximum Gasteiger partial charge on any atom is 0.188 e. The van der Waals surface area contributed by atoms with E-state index in [1.165, 1.54) is 21.1 Å². The molecule has 2 aromatic rings. The molecule has 0 radical (unpaired) electrons. The lowest BCUT2D eigenvalue weighted by atomic mass is 10.1. The largest absolute Gasteiger partial charge is 0.488 e. The quantitative estimate of drug-likeness (QED) is 0.485. The van der Waals surface area contributed by atoms with Crippen molar-refractivity contribution in [3.63, 3.8) is 0 Å². The fourth-order valence-electron chi connectivity index (χ4n) is 2.21. The normalized spacial score (nSPS) is 10.4. The van der Waals surface area contributed by atoms with Gasteiger partial charge in [-0.15, -0.1) is 0 Å². The minimum atomic E-state index is -0.174. The van der Waals surface area contributed by atoms with E-state index in [1.807, 2.05) is 30.3 Å². The predicted molar refractivity (Wildman–Crippen MR) is 92.2 cm³/mol. The minimum absolute atomic E-state index is 0.00609. The SMILES string of the molecule is COCOc1cc(OCOC)c(C(C)=O)c(OCc2ccccc2)c1. The van der Waals surface area contributed by atoms with Crippen LogP contribution in [0.2, 0.25) is 0 Å². The monoisotopic (exact) mass is 346 g/mol. The van der Waals surface area contributed by atoms with Gasteiger partial charge in [0.1, 0.15) is 29.4 Å². The van der Waals surface area contributed by atoms with Gasteiger partial charge in [0.05, 0.1) is 0 Å². The van der Waals surface area contributed by atoms with Crippen molar-refractivity contribution in [1.82, 2.24) is 0 Å². The van der Waals surface area contributed by atoms with E-state index in [4.69, 9.17) is 23.7 Å². The number of rotatable bonds is 10. The first-order chi connectivity index (χ1) is 12.2. The van der Waals surface area contributed by atoms with Gasteiger partial charge in [-0.3, -0.25) is 4.79 Å². The fourth-order valence-corrected chi connectivity index (χ4v) is 2.21. The van der Waals surface area contributed by atoms with Crippen molar-refractivity contribution < 1.29 is 28.5 Å². The van der Waals surface area contributed by atoms with E-state index in [9.17, 15) is 4.79 Å². The Morgan fingerprint density at radius 2 is 1.48 bits per heavy atom. The molecular weight excluding hydrogens is 324 g/mol. The number of hydrogen-bond donors (Lipinski definition) is 0. The number of Topliss-reactive ketones (excluding diaryl/α,β-unsaturated/α-hetero) is 1. The van der Waals surface area contributed by atoms with E-state index in [1.54, 1.807) is 12.1 Å². The number of carbonyl (C=O) groups excluding carboxylic acids is 1. The number of benzene rings is 2. The second-order valence-corrected chi connectivity index (χ2v) is 5.23. The molecule has 0 N–H and O–H groups in total. The van der Waals surface area contributed by atoms with Crippen molar-refractivity contribution in [2.24, 2.45) is 0 Å². The van der Waals surface area contributed by atoms with Crippen LogP contribution in [0.3, 0.4) is 0 Å². The Morgan fingerprint density at radius 3 is 2.08 bits per heavy atom. The summed E-state index contributed by atoms with van der Waals surface area (Å²) in [6.45, 7) is 1.85. The van der Waals surface area contributed by atoms with Gasteiger partial charge >= 0.3 is 0 Å². The van der Waals surface area contributed by atoms with Gasteiger partial charge in [0.2, 0.25) is 0 Å². The van der Waals surface area contributed by atoms with Gasteiger partial charge in [0.25, 0.3) is 0 Å². The summed E-state index contributed by atoms with van der Waals surface area (Å²) in [5.74, 6) is 1.02. The molecule has 0 spiro atoms. The lowest BCUT2D eigenvalue weighted by Crippen LogP contribution is -2.09. The number of ether oxygens (including phenoxy) is 5. The first-order valence-corrected chi connectivity index (χ1v) is 7.75. The minimum Gasteiger partial charge on any atom is -0.488 e. The molecule has 25 heavy (non-hydrogen) atoms. The summed E-state index contributed by atoms with van der Waals surface area (Å²) < 4.78 is 26.7. The molecule has 0 heterocycles. The summed E-state index contributed by atoms with van der Waals surface area (Å²) in [5.41, 5.74) is 1.33. The molecule has 2 rings (SSSR count). The van der Waals surface area contributed by atoms with E-state index in [-0.39, 0.29) is 19.4 Å². The first-order valence-electron chi connectivity index (χ1n) is 7.75. The Labute approximate surface area is 147 Å². The Morgan fingerprint density at radius 1 is 0.880 bits per heavy atom. The van der Waals surface area contributed by atoms with E-state index in [0.29, 0.717) is 29.4 Å². The molecule has 0 saturated heterocycles. The highest BCUT2D eigenvalue weighted by Crippen LogP contribution is 2.35. The second-order valence-electron chi connectivity index (χ2n) is 5.23. The maximum absolute atomic E-state index is 12.1. The maximum atomic E-state index is 12.1. The zero-order valence-corrected chi connectivity index (χ0v) is 14.6. The van der Waals surface area contributed by atoms with Gasteiger partial charge in [0, 0.05) is 26.4 Å². The Bertz CT molecular complexity index is 684. The summed E-state index contributed by atoms with van der Waals surface area (Å²) in [5, 5.41) is 0. The highest BCUT2D eigenvalue weighted by atomic mass is 16.7. The van der Waals surface area contributed by atoms with Crippen LogP contribution in [0.25, 0.3) is 0 Å². The average molecular weight is 346 g/mol. The van der Waals surface area contributed by atoms with Crippen LogP contribution in [0.5, 0.6) is 17.2 Å². The smallest absolute Gasteiger partial charge is 0.188 e. The molecular formula is C19H22O6. The fraction of sp³-hybridized carbons (Fsp3) is 0.316. The van der Waals surface area contributed by atoms with Crippen molar-refractivity contribution in [1.29, 1.82) is 0 Å². The van der Waals surface area contributed by atoms with Gasteiger partial charge in [-0.05, 0) is 12.5 Å². The van der Waals surface area contributed by atoms with Crippen molar-refractivity contribution in [3.05, 3.63) is 53.6 Å². The summed E-state index contributed by atoms with van der Waals surface area (Å²) in [6.07, 6.45) is 0. The molecule has 0 bridgehead atoms. The second kappa shape index (κ2) is 9.66. The van der Waals surface area contributed by atoms with Crippen LogP contribution < -0.4 is 14.2 Å². The highest BCUT2D eigenvalue weighted by molar-refractivity contribution is 6.00. The van der Waals surface area contributed by atoms with Crippen molar-refractivity contribution in [2.75, 3.05) is 27.8 Å². The van der Waals surface area contributed by atoms with Crippen LogP contribution >= 0.6 is 0 Å². The van der Waals surface area contributed by atoms with Gasteiger partial charge in [-0.1, -0.05) is 30.3 Å². The van der Waals surface area contributed by atoms with Gasteiger partial charge in [0.15, 0.2) is 19.4 Å². The van der Waals surface area contributed by atoms with Gasteiger partial charge < -0.3 is 23.7 Å². The van der Waals surface area contributed by atoms with E-state index in [2.05, 4.69) is 0 Å². The van der Waals surface area contributed by atoms with Crippen LogP contribution in [0.4, 0.5) is 0 Å². The molecule has 0 atom stereocenters. The molecule has 0 aliphatic carbocycles. The van der Waals surface area contributed by atoms with Crippen LogP contribution in [-0.2, 0) is 16.1 Å². The molecule has 6 nitrogen and oxygen atoms in total. The van der Waals surface area contributed by atoms with E-state index in [0.717, 1.165) is 5.56 Å². The third kappa shape index (κ3) is 5.48. The predicted octanol–water partition coefficient (Wildman–Crippen LogP) is 3.43. The lowest BCUT2D eigenvalue weighted by molar-refractivity contribution is 0.0451. The number of ketones is 1. The third-order valence-corrected chi connectivity index (χ3v) is 3.30. The first kappa shape index (κ1) is 18.8. The van der Waals surface area contributed by atoms with E-state index >= 15 is 0 Å². The third-order valence-electron chi connectivity index (χ3n) is 3.30. The van der Waals surface area contributed by atoms with Gasteiger partial charge in [-0.2, -0.15) is 0 Å². The van der Waals surface area contributed by atoms with E-state index < -0.39 is 0 Å². The van der Waals surface area contributed by atoms with Crippen LogP contribution in [0.15, 0.2) is 42.5 Å². The molecule has 0 aromatic heterocycles. The number of methoxy groups -OCH3 is 2. The summed E-state index contributed by atoms with van der Waals surface area (Å²) >= 11 is 0. The van der Waals surface area contributed by atoms with Crippen LogP contribution in [0, 0.1) is 0 Å². The topological polar surface area (TPSA) is 63.2 Å². The van der Waals surface area contributed by atoms with Crippen molar-refractivity contribution >= 4 is 5.78 Å². The Balaban J connectivity index is 2.33. The summed E-state index contributed by atoms with van der Waals surface area (Å²) in [7, 11) is 3.03. The molecule has 134 valence electrons. The molecule has 0 amide bonds. The molecule has 0 saturated carbocycles.